The van der Waals surface area contributed by atoms with Gasteiger partial charge in [0.05, 0.1) is 0 Å². The van der Waals surface area contributed by atoms with Crippen LogP contribution in [-0.4, -0.2) is 33.2 Å². The van der Waals surface area contributed by atoms with Gasteiger partial charge in [-0.2, -0.15) is 18.3 Å². The Kier molecular flexibility index (Phi) is 4.54. The molecule has 0 saturated heterocycles. The summed E-state index contributed by atoms with van der Waals surface area (Å²) in [7, 11) is 0. The second-order valence-corrected chi connectivity index (χ2v) is 5.68. The van der Waals surface area contributed by atoms with Gasteiger partial charge in [-0.1, -0.05) is 19.1 Å². The van der Waals surface area contributed by atoms with Crippen molar-refractivity contribution in [3.8, 4) is 11.1 Å². The topological polar surface area (TPSA) is 85.3 Å². The van der Waals surface area contributed by atoms with E-state index in [2.05, 4.69) is 10.1 Å². The van der Waals surface area contributed by atoms with Crippen molar-refractivity contribution in [2.24, 2.45) is 0 Å². The Morgan fingerprint density at radius 3 is 2.58 bits per heavy atom. The van der Waals surface area contributed by atoms with Crippen molar-refractivity contribution in [1.82, 2.24) is 19.9 Å². The van der Waals surface area contributed by atoms with Crippen molar-refractivity contribution in [2.75, 3.05) is 12.3 Å². The summed E-state index contributed by atoms with van der Waals surface area (Å²) in [5.74, 6) is -0.464. The highest BCUT2D eigenvalue weighted by molar-refractivity contribution is 5.95. The van der Waals surface area contributed by atoms with E-state index in [0.29, 0.717) is 11.3 Å². The molecular formula is C17H16F3N5O. The first-order valence-corrected chi connectivity index (χ1v) is 7.86. The Hall–Kier alpha value is -3.10. The number of nitrogens with two attached hydrogens (primary N) is 1. The predicted molar refractivity (Wildman–Crippen MR) is 90.6 cm³/mol. The third-order valence-electron chi connectivity index (χ3n) is 3.93. The molecule has 2 heterocycles. The molecule has 9 heteroatoms. The molecule has 0 fully saturated rings. The molecule has 1 aromatic carbocycles. The minimum absolute atomic E-state index is 0.140. The Bertz CT molecular complexity index is 947. The quantitative estimate of drug-likeness (QED) is 0.746. The van der Waals surface area contributed by atoms with Gasteiger partial charge in [0.2, 0.25) is 0 Å². The van der Waals surface area contributed by atoms with Crippen LogP contribution in [0.3, 0.4) is 0 Å². The maximum atomic E-state index is 12.2. The molecule has 3 N–H and O–H groups in total. The monoisotopic (exact) mass is 363 g/mol. The number of benzene rings is 1. The first-order valence-electron chi connectivity index (χ1n) is 7.86. The van der Waals surface area contributed by atoms with E-state index in [9.17, 15) is 18.0 Å². The van der Waals surface area contributed by atoms with E-state index >= 15 is 0 Å². The zero-order valence-corrected chi connectivity index (χ0v) is 13.8. The molecule has 0 radical (unpaired) electrons. The summed E-state index contributed by atoms with van der Waals surface area (Å²) in [6, 6.07) is 8.18. The number of amides is 1. The summed E-state index contributed by atoms with van der Waals surface area (Å²) in [5, 5.41) is 6.05. The van der Waals surface area contributed by atoms with E-state index in [1.165, 1.54) is 18.5 Å². The highest BCUT2D eigenvalue weighted by Gasteiger charge is 2.27. The highest BCUT2D eigenvalue weighted by atomic mass is 19.4. The second kappa shape index (κ2) is 6.66. The van der Waals surface area contributed by atoms with Gasteiger partial charge < -0.3 is 11.1 Å². The predicted octanol–water partition coefficient (Wildman–Crippen LogP) is 2.83. The van der Waals surface area contributed by atoms with Gasteiger partial charge in [0, 0.05) is 16.8 Å². The molecule has 6 nitrogen and oxygen atoms in total. The van der Waals surface area contributed by atoms with Gasteiger partial charge in [-0.05, 0) is 30.2 Å². The fraction of sp³-hybridized carbons (Fsp3) is 0.235. The van der Waals surface area contributed by atoms with Gasteiger partial charge in [0.25, 0.3) is 5.91 Å². The lowest BCUT2D eigenvalue weighted by molar-refractivity contribution is -0.123. The number of fused-ring (bicyclic) bond motifs is 1. The summed E-state index contributed by atoms with van der Waals surface area (Å²) in [4.78, 5) is 15.8. The van der Waals surface area contributed by atoms with E-state index in [4.69, 9.17) is 5.73 Å². The third-order valence-corrected chi connectivity index (χ3v) is 3.93. The number of halogens is 3. The highest BCUT2D eigenvalue weighted by Crippen LogP contribution is 2.30. The van der Waals surface area contributed by atoms with Gasteiger partial charge in [-0.15, -0.1) is 0 Å². The number of carbonyl (C=O) groups is 1. The molecule has 0 unspecified atom stereocenters. The Morgan fingerprint density at radius 2 is 1.96 bits per heavy atom. The summed E-state index contributed by atoms with van der Waals surface area (Å²) >= 11 is 0. The van der Waals surface area contributed by atoms with Crippen LogP contribution in [0.15, 0.2) is 36.7 Å². The van der Waals surface area contributed by atoms with Gasteiger partial charge in [0.1, 0.15) is 18.4 Å². The normalized spacial score (nSPS) is 11.7. The fourth-order valence-electron chi connectivity index (χ4n) is 2.69. The molecule has 0 bridgehead atoms. The number of alkyl halides is 3. The summed E-state index contributed by atoms with van der Waals surface area (Å²) in [5.41, 5.74) is 9.26. The molecule has 3 aromatic rings. The van der Waals surface area contributed by atoms with Crippen LogP contribution < -0.4 is 11.1 Å². The first kappa shape index (κ1) is 17.7. The number of carbonyl (C=O) groups excluding carboxylic acids is 1. The maximum Gasteiger partial charge on any atom is 0.405 e. The lowest BCUT2D eigenvalue weighted by atomic mass is 10.0. The summed E-state index contributed by atoms with van der Waals surface area (Å²) in [6.45, 7) is 0.614. The lowest BCUT2D eigenvalue weighted by Gasteiger charge is -2.09. The molecule has 136 valence electrons. The Balaban J connectivity index is 1.92. The van der Waals surface area contributed by atoms with Crippen LogP contribution in [0.2, 0.25) is 0 Å². The average Bonchev–Trinajstić information content (AvgIpc) is 2.99. The molecule has 0 aliphatic rings. The summed E-state index contributed by atoms with van der Waals surface area (Å²) in [6.07, 6.45) is -2.34. The zero-order chi connectivity index (χ0) is 18.9. The van der Waals surface area contributed by atoms with Crippen LogP contribution in [0.1, 0.15) is 23.0 Å². The third kappa shape index (κ3) is 3.46. The number of hydrogen-bond donors (Lipinski definition) is 2. The number of nitrogen functional groups attached to an aromatic ring is 1. The molecule has 0 saturated carbocycles. The van der Waals surface area contributed by atoms with Crippen molar-refractivity contribution >= 4 is 17.2 Å². The molecule has 3 rings (SSSR count). The number of hydrogen-bond acceptors (Lipinski definition) is 4. The van der Waals surface area contributed by atoms with E-state index in [1.54, 1.807) is 16.6 Å². The van der Waals surface area contributed by atoms with Crippen LogP contribution in [0.4, 0.5) is 19.0 Å². The Morgan fingerprint density at radius 1 is 1.27 bits per heavy atom. The van der Waals surface area contributed by atoms with Crippen molar-refractivity contribution < 1.29 is 18.0 Å². The number of anilines is 1. The molecule has 0 aliphatic heterocycles. The van der Waals surface area contributed by atoms with Crippen molar-refractivity contribution in [2.45, 2.75) is 19.5 Å². The van der Waals surface area contributed by atoms with Crippen LogP contribution in [0.5, 0.6) is 0 Å². The number of aromatic nitrogens is 3. The molecule has 2 aromatic heterocycles. The molecule has 0 atom stereocenters. The van der Waals surface area contributed by atoms with Gasteiger partial charge in [-0.3, -0.25) is 4.79 Å². The SMILES string of the molecule is CCc1cc(-c2ccc(C(=O)NCC(F)(F)F)cc2)c2c(N)ncnn12. The van der Waals surface area contributed by atoms with E-state index in [0.717, 1.165) is 23.2 Å². The van der Waals surface area contributed by atoms with Crippen LogP contribution in [-0.2, 0) is 6.42 Å². The van der Waals surface area contributed by atoms with Crippen LogP contribution in [0, 0.1) is 0 Å². The average molecular weight is 363 g/mol. The largest absolute Gasteiger partial charge is 0.405 e. The summed E-state index contributed by atoms with van der Waals surface area (Å²) < 4.78 is 38.3. The molecule has 1 amide bonds. The minimum atomic E-state index is -4.45. The standard InChI is InChI=1S/C17H16F3N5O/c1-2-12-7-13(14-15(21)23-9-24-25(12)14)10-3-5-11(6-4-10)16(26)22-8-17(18,19)20/h3-7,9H,2,8H2,1H3,(H,22,26)(H2,21,23,24). The number of nitrogens with one attached hydrogen (secondary N) is 1. The van der Waals surface area contributed by atoms with Gasteiger partial charge in [0.15, 0.2) is 5.82 Å². The molecular weight excluding hydrogens is 347 g/mol. The van der Waals surface area contributed by atoms with E-state index in [-0.39, 0.29) is 5.56 Å². The fourth-order valence-corrected chi connectivity index (χ4v) is 2.69. The first-order chi connectivity index (χ1) is 12.3. The maximum absolute atomic E-state index is 12.2. The molecule has 0 aliphatic carbocycles. The van der Waals surface area contributed by atoms with Gasteiger partial charge >= 0.3 is 6.18 Å². The lowest BCUT2D eigenvalue weighted by Crippen LogP contribution is -2.33. The van der Waals surface area contributed by atoms with Crippen molar-refractivity contribution in [3.05, 3.63) is 47.9 Å². The number of rotatable bonds is 4. The zero-order valence-electron chi connectivity index (χ0n) is 13.8. The molecule has 0 spiro atoms. The minimum Gasteiger partial charge on any atom is -0.382 e. The second-order valence-electron chi connectivity index (χ2n) is 5.68. The van der Waals surface area contributed by atoms with E-state index < -0.39 is 18.6 Å². The van der Waals surface area contributed by atoms with E-state index in [1.807, 2.05) is 18.3 Å². The molecule has 26 heavy (non-hydrogen) atoms. The van der Waals surface area contributed by atoms with Crippen molar-refractivity contribution in [3.63, 3.8) is 0 Å². The number of nitrogens with zero attached hydrogens (tertiary/aromatic N) is 3. The van der Waals surface area contributed by atoms with Gasteiger partial charge in [-0.25, -0.2) is 9.50 Å². The van der Waals surface area contributed by atoms with Crippen LogP contribution in [0.25, 0.3) is 16.6 Å². The van der Waals surface area contributed by atoms with Crippen LogP contribution >= 0.6 is 0 Å². The van der Waals surface area contributed by atoms with Crippen molar-refractivity contribution in [1.29, 1.82) is 0 Å². The smallest absolute Gasteiger partial charge is 0.382 e. The Labute approximate surface area is 146 Å². The number of aryl methyl sites for hydroxylation is 1.